The number of halogens is 1. The molecule has 0 aliphatic heterocycles. The monoisotopic (exact) mass is 218 g/mol. The fourth-order valence-electron chi connectivity index (χ4n) is 1.29. The summed E-state index contributed by atoms with van der Waals surface area (Å²) in [7, 11) is 0. The maximum atomic E-state index is 5.83. The van der Waals surface area contributed by atoms with Crippen LogP contribution in [0.2, 0.25) is 5.15 Å². The van der Waals surface area contributed by atoms with Gasteiger partial charge in [-0.05, 0) is 18.6 Å². The summed E-state index contributed by atoms with van der Waals surface area (Å²) in [5.74, 6) is 0. The minimum atomic E-state index is 0.530. The Morgan fingerprint density at radius 3 is 2.53 bits per heavy atom. The van der Waals surface area contributed by atoms with E-state index in [1.165, 1.54) is 0 Å². The first kappa shape index (κ1) is 9.99. The number of aromatic amines is 1. The molecule has 0 spiro atoms. The molecule has 0 saturated heterocycles. The maximum absolute atomic E-state index is 5.83. The Kier molecular flexibility index (Phi) is 2.88. The largest absolute Gasteiger partial charge is 0.277 e. The van der Waals surface area contributed by atoms with Gasteiger partial charge >= 0.3 is 0 Å². The molecule has 76 valence electrons. The first-order chi connectivity index (χ1) is 7.27. The van der Waals surface area contributed by atoms with Crippen molar-refractivity contribution in [3.05, 3.63) is 52.3 Å². The zero-order valence-electron chi connectivity index (χ0n) is 8.37. The number of aromatic nitrogens is 2. The molecule has 3 heteroatoms. The zero-order valence-corrected chi connectivity index (χ0v) is 9.12. The van der Waals surface area contributed by atoms with Crippen LogP contribution in [0.4, 0.5) is 0 Å². The first-order valence-electron chi connectivity index (χ1n) is 4.71. The summed E-state index contributed by atoms with van der Waals surface area (Å²) < 4.78 is 0. The molecule has 0 aliphatic carbocycles. The van der Waals surface area contributed by atoms with Crippen LogP contribution in [-0.2, 0) is 0 Å². The molecule has 0 unspecified atom stereocenters. The van der Waals surface area contributed by atoms with Gasteiger partial charge in [-0.25, -0.2) is 0 Å². The number of hydrogen-bond donors (Lipinski definition) is 1. The van der Waals surface area contributed by atoms with E-state index < -0.39 is 0 Å². The lowest BCUT2D eigenvalue weighted by atomic mass is 10.2. The highest BCUT2D eigenvalue weighted by atomic mass is 35.5. The van der Waals surface area contributed by atoms with Gasteiger partial charge in [0.15, 0.2) is 5.15 Å². The minimum absolute atomic E-state index is 0.530. The van der Waals surface area contributed by atoms with Crippen molar-refractivity contribution in [2.24, 2.45) is 0 Å². The second-order valence-electron chi connectivity index (χ2n) is 3.30. The first-order valence-corrected chi connectivity index (χ1v) is 5.09. The predicted octanol–water partition coefficient (Wildman–Crippen LogP) is 3.54. The molecule has 0 bridgehead atoms. The van der Waals surface area contributed by atoms with E-state index in [4.69, 9.17) is 11.6 Å². The molecule has 1 N–H and O–H groups in total. The van der Waals surface area contributed by atoms with Gasteiger partial charge in [-0.3, -0.25) is 5.10 Å². The average molecular weight is 219 g/mol. The summed E-state index contributed by atoms with van der Waals surface area (Å²) in [4.78, 5) is 0. The van der Waals surface area contributed by atoms with Crippen LogP contribution in [0, 0.1) is 6.92 Å². The van der Waals surface area contributed by atoms with Crippen LogP contribution in [-0.4, -0.2) is 10.2 Å². The summed E-state index contributed by atoms with van der Waals surface area (Å²) in [6.45, 7) is 1.94. The van der Waals surface area contributed by atoms with Gasteiger partial charge < -0.3 is 0 Å². The van der Waals surface area contributed by atoms with Crippen molar-refractivity contribution in [3.8, 4) is 0 Å². The third kappa shape index (κ3) is 2.28. The lowest BCUT2D eigenvalue weighted by Crippen LogP contribution is -1.75. The highest BCUT2D eigenvalue weighted by Crippen LogP contribution is 2.17. The van der Waals surface area contributed by atoms with Crippen molar-refractivity contribution in [2.45, 2.75) is 6.92 Å². The van der Waals surface area contributed by atoms with Crippen LogP contribution in [0.5, 0.6) is 0 Å². The molecule has 0 fully saturated rings. The van der Waals surface area contributed by atoms with Gasteiger partial charge in [0.05, 0.1) is 5.69 Å². The van der Waals surface area contributed by atoms with E-state index in [1.54, 1.807) is 0 Å². The third-order valence-corrected chi connectivity index (χ3v) is 2.60. The summed E-state index contributed by atoms with van der Waals surface area (Å²) in [6, 6.07) is 10.1. The van der Waals surface area contributed by atoms with Crippen molar-refractivity contribution < 1.29 is 0 Å². The number of H-pyrrole nitrogens is 1. The molecule has 0 amide bonds. The predicted molar refractivity (Wildman–Crippen MR) is 63.7 cm³/mol. The smallest absolute Gasteiger partial charge is 0.154 e. The van der Waals surface area contributed by atoms with Gasteiger partial charge in [0.25, 0.3) is 0 Å². The summed E-state index contributed by atoms with van der Waals surface area (Å²) in [5, 5.41) is 7.32. The van der Waals surface area contributed by atoms with Crippen LogP contribution in [0.1, 0.15) is 16.8 Å². The van der Waals surface area contributed by atoms with Gasteiger partial charge in [0.1, 0.15) is 0 Å². The number of nitrogens with zero attached hydrogens (tertiary/aromatic N) is 1. The van der Waals surface area contributed by atoms with Crippen molar-refractivity contribution in [3.63, 3.8) is 0 Å². The third-order valence-electron chi connectivity index (χ3n) is 2.23. The van der Waals surface area contributed by atoms with Crippen LogP contribution >= 0.6 is 11.6 Å². The maximum Gasteiger partial charge on any atom is 0.154 e. The molecule has 0 aliphatic rings. The Labute approximate surface area is 93.6 Å². The average Bonchev–Trinajstić information content (AvgIpc) is 2.59. The summed E-state index contributed by atoms with van der Waals surface area (Å²) >= 11 is 5.83. The van der Waals surface area contributed by atoms with Crippen molar-refractivity contribution in [2.75, 3.05) is 0 Å². The molecule has 0 atom stereocenters. The Morgan fingerprint density at radius 1 is 1.20 bits per heavy atom. The van der Waals surface area contributed by atoms with Crippen molar-refractivity contribution >= 4 is 23.8 Å². The summed E-state index contributed by atoms with van der Waals surface area (Å²) in [5.41, 5.74) is 3.08. The SMILES string of the molecule is Cc1c(Cl)n[nH]c1C=Cc1ccccc1. The lowest BCUT2D eigenvalue weighted by molar-refractivity contribution is 1.08. The molecular weight excluding hydrogens is 208 g/mol. The van der Waals surface area contributed by atoms with E-state index >= 15 is 0 Å². The van der Waals surface area contributed by atoms with Crippen molar-refractivity contribution in [1.29, 1.82) is 0 Å². The fourth-order valence-corrected chi connectivity index (χ4v) is 1.44. The van der Waals surface area contributed by atoms with Gasteiger partial charge in [0, 0.05) is 5.56 Å². The number of rotatable bonds is 2. The molecule has 1 heterocycles. The van der Waals surface area contributed by atoms with Crippen LogP contribution in [0.3, 0.4) is 0 Å². The number of hydrogen-bond acceptors (Lipinski definition) is 1. The van der Waals surface area contributed by atoms with Crippen LogP contribution in [0.25, 0.3) is 12.2 Å². The number of nitrogens with one attached hydrogen (secondary N) is 1. The second-order valence-corrected chi connectivity index (χ2v) is 3.66. The standard InChI is InChI=1S/C12H11ClN2/c1-9-11(14-15-12(9)13)8-7-10-5-3-2-4-6-10/h2-8H,1H3,(H,14,15). The molecule has 2 rings (SSSR count). The van der Waals surface area contributed by atoms with E-state index in [9.17, 15) is 0 Å². The van der Waals surface area contributed by atoms with Gasteiger partial charge in [0.2, 0.25) is 0 Å². The van der Waals surface area contributed by atoms with Gasteiger partial charge in [-0.1, -0.05) is 48.0 Å². The molecule has 2 nitrogen and oxygen atoms in total. The minimum Gasteiger partial charge on any atom is -0.277 e. The van der Waals surface area contributed by atoms with Gasteiger partial charge in [-0.15, -0.1) is 0 Å². The Hall–Kier alpha value is -1.54. The molecule has 0 radical (unpaired) electrons. The van der Waals surface area contributed by atoms with E-state index in [0.29, 0.717) is 5.15 Å². The molecular formula is C12H11ClN2. The Morgan fingerprint density at radius 2 is 1.93 bits per heavy atom. The quantitative estimate of drug-likeness (QED) is 0.821. The molecule has 1 aromatic carbocycles. The Balaban J connectivity index is 2.23. The normalized spacial score (nSPS) is 11.1. The lowest BCUT2D eigenvalue weighted by Gasteiger charge is -1.91. The molecule has 0 saturated carbocycles. The van der Waals surface area contributed by atoms with Crippen LogP contribution in [0.15, 0.2) is 30.3 Å². The van der Waals surface area contributed by atoms with Crippen LogP contribution < -0.4 is 0 Å². The van der Waals surface area contributed by atoms with Gasteiger partial charge in [-0.2, -0.15) is 5.10 Å². The van der Waals surface area contributed by atoms with Crippen molar-refractivity contribution in [1.82, 2.24) is 10.2 Å². The van der Waals surface area contributed by atoms with E-state index in [-0.39, 0.29) is 0 Å². The highest BCUT2D eigenvalue weighted by Gasteiger charge is 2.02. The zero-order chi connectivity index (χ0) is 10.7. The van der Waals surface area contributed by atoms with E-state index in [0.717, 1.165) is 16.8 Å². The highest BCUT2D eigenvalue weighted by molar-refractivity contribution is 6.30. The number of benzene rings is 1. The van der Waals surface area contributed by atoms with E-state index in [2.05, 4.69) is 10.2 Å². The second kappa shape index (κ2) is 4.32. The topological polar surface area (TPSA) is 28.7 Å². The molecule has 1 aromatic heterocycles. The molecule has 15 heavy (non-hydrogen) atoms. The van der Waals surface area contributed by atoms with E-state index in [1.807, 2.05) is 49.4 Å². The Bertz CT molecular complexity index is 472. The fraction of sp³-hybridized carbons (Fsp3) is 0.0833. The summed E-state index contributed by atoms with van der Waals surface area (Å²) in [6.07, 6.45) is 4.00. The molecule has 2 aromatic rings.